The Labute approximate surface area is 148 Å². The molecule has 0 aliphatic carbocycles. The second-order valence-corrected chi connectivity index (χ2v) is 7.16. The Balaban J connectivity index is 1.65. The highest BCUT2D eigenvalue weighted by Gasteiger charge is 2.24. The Kier molecular flexibility index (Phi) is 4.97. The zero-order valence-electron chi connectivity index (χ0n) is 15.0. The van der Waals surface area contributed by atoms with Gasteiger partial charge in [0, 0.05) is 36.8 Å². The number of para-hydroxylation sites is 1. The van der Waals surface area contributed by atoms with Crippen LogP contribution in [-0.4, -0.2) is 34.4 Å². The number of nitrogens with one attached hydrogen (secondary N) is 1. The van der Waals surface area contributed by atoms with Gasteiger partial charge in [0.2, 0.25) is 0 Å². The van der Waals surface area contributed by atoms with Gasteiger partial charge in [0.25, 0.3) is 0 Å². The van der Waals surface area contributed by atoms with Crippen LogP contribution in [0.4, 0.5) is 4.79 Å². The summed E-state index contributed by atoms with van der Waals surface area (Å²) in [4.78, 5) is 16.1. The number of aromatic nitrogens is 2. The number of alkyl carbamates (subject to hydrolysis) is 1. The summed E-state index contributed by atoms with van der Waals surface area (Å²) in [6.07, 6.45) is 4.92. The van der Waals surface area contributed by atoms with Crippen LogP contribution < -0.4 is 10.1 Å². The first kappa shape index (κ1) is 17.3. The first-order valence-electron chi connectivity index (χ1n) is 8.63. The number of hydrogen-bond acceptors (Lipinski definition) is 4. The van der Waals surface area contributed by atoms with Crippen molar-refractivity contribution in [2.24, 2.45) is 0 Å². The number of amides is 1. The van der Waals surface area contributed by atoms with E-state index in [4.69, 9.17) is 9.47 Å². The number of imidazole rings is 1. The van der Waals surface area contributed by atoms with Crippen LogP contribution in [0.3, 0.4) is 0 Å². The molecule has 0 bridgehead atoms. The quantitative estimate of drug-likeness (QED) is 0.925. The fourth-order valence-corrected chi connectivity index (χ4v) is 3.03. The number of hydrogen-bond donors (Lipinski definition) is 1. The molecule has 1 aliphatic heterocycles. The van der Waals surface area contributed by atoms with Crippen LogP contribution in [0.5, 0.6) is 5.75 Å². The van der Waals surface area contributed by atoms with Gasteiger partial charge in [0.05, 0.1) is 19.0 Å². The molecular weight excluding hydrogens is 318 g/mol. The van der Waals surface area contributed by atoms with Crippen LogP contribution in [0.1, 0.15) is 44.5 Å². The molecule has 0 saturated heterocycles. The highest BCUT2D eigenvalue weighted by Crippen LogP contribution is 2.35. The average Bonchev–Trinajstić information content (AvgIpc) is 3.01. The summed E-state index contributed by atoms with van der Waals surface area (Å²) in [5, 5.41) is 2.80. The fraction of sp³-hybridized carbons (Fsp3) is 0.474. The molecule has 134 valence electrons. The van der Waals surface area contributed by atoms with Crippen molar-refractivity contribution in [1.29, 1.82) is 0 Å². The van der Waals surface area contributed by atoms with Crippen molar-refractivity contribution in [2.45, 2.75) is 45.3 Å². The Morgan fingerprint density at radius 3 is 3.00 bits per heavy atom. The smallest absolute Gasteiger partial charge is 0.407 e. The SMILES string of the molecule is CC(C)(C)OC(=O)NCCc1cncn1C1CCOc2ccccc21. The third-order valence-corrected chi connectivity index (χ3v) is 4.06. The Hall–Kier alpha value is -2.50. The van der Waals surface area contributed by atoms with Gasteiger partial charge in [0.15, 0.2) is 0 Å². The molecule has 1 aromatic heterocycles. The minimum absolute atomic E-state index is 0.212. The fourth-order valence-electron chi connectivity index (χ4n) is 3.03. The first-order chi connectivity index (χ1) is 11.9. The standard InChI is InChI=1S/C19H25N3O3/c1-19(2,3)25-18(23)21-10-8-14-12-20-13-22(14)16-9-11-24-17-7-5-4-6-15(16)17/h4-7,12-13,16H,8-11H2,1-3H3,(H,21,23). The number of nitrogens with zero attached hydrogens (tertiary/aromatic N) is 2. The van der Waals surface area contributed by atoms with Gasteiger partial charge in [-0.25, -0.2) is 9.78 Å². The molecule has 6 heteroatoms. The lowest BCUT2D eigenvalue weighted by molar-refractivity contribution is 0.0528. The molecule has 6 nitrogen and oxygen atoms in total. The minimum atomic E-state index is -0.488. The molecular formula is C19H25N3O3. The molecule has 0 saturated carbocycles. The van der Waals surface area contributed by atoms with Crippen LogP contribution in [0.2, 0.25) is 0 Å². The Morgan fingerprint density at radius 2 is 2.20 bits per heavy atom. The number of carbonyl (C=O) groups is 1. The van der Waals surface area contributed by atoms with E-state index in [1.54, 1.807) is 0 Å². The summed E-state index contributed by atoms with van der Waals surface area (Å²) in [7, 11) is 0. The largest absolute Gasteiger partial charge is 0.493 e. The Bertz CT molecular complexity index is 734. The predicted octanol–water partition coefficient (Wildman–Crippen LogP) is 3.32. The van der Waals surface area contributed by atoms with E-state index in [-0.39, 0.29) is 6.04 Å². The molecule has 25 heavy (non-hydrogen) atoms. The van der Waals surface area contributed by atoms with Crippen molar-refractivity contribution in [1.82, 2.24) is 14.9 Å². The van der Waals surface area contributed by atoms with Crippen LogP contribution >= 0.6 is 0 Å². The number of benzene rings is 1. The van der Waals surface area contributed by atoms with Crippen molar-refractivity contribution < 1.29 is 14.3 Å². The molecule has 1 atom stereocenters. The van der Waals surface area contributed by atoms with Crippen LogP contribution in [0, 0.1) is 0 Å². The van der Waals surface area contributed by atoms with Crippen molar-refractivity contribution in [3.63, 3.8) is 0 Å². The average molecular weight is 343 g/mol. The lowest BCUT2D eigenvalue weighted by atomic mass is 10.00. The van der Waals surface area contributed by atoms with E-state index in [2.05, 4.69) is 20.9 Å². The lowest BCUT2D eigenvalue weighted by Crippen LogP contribution is -2.33. The van der Waals surface area contributed by atoms with Gasteiger partial charge in [0.1, 0.15) is 11.4 Å². The summed E-state index contributed by atoms with van der Waals surface area (Å²) in [5.74, 6) is 0.935. The van der Waals surface area contributed by atoms with Crippen molar-refractivity contribution >= 4 is 6.09 Å². The molecule has 3 rings (SSSR count). The van der Waals surface area contributed by atoms with Crippen LogP contribution in [0.25, 0.3) is 0 Å². The molecule has 2 heterocycles. The van der Waals surface area contributed by atoms with E-state index in [1.165, 1.54) is 5.56 Å². The summed E-state index contributed by atoms with van der Waals surface area (Å²) in [5.41, 5.74) is 1.77. The summed E-state index contributed by atoms with van der Waals surface area (Å²) in [6.45, 7) is 6.75. The van der Waals surface area contributed by atoms with Crippen LogP contribution in [-0.2, 0) is 11.2 Å². The minimum Gasteiger partial charge on any atom is -0.493 e. The van der Waals surface area contributed by atoms with Gasteiger partial charge in [-0.1, -0.05) is 18.2 Å². The number of carbonyl (C=O) groups excluding carboxylic acids is 1. The second kappa shape index (κ2) is 7.17. The molecule has 1 amide bonds. The lowest BCUT2D eigenvalue weighted by Gasteiger charge is -2.28. The predicted molar refractivity (Wildman–Crippen MR) is 94.9 cm³/mol. The third-order valence-electron chi connectivity index (χ3n) is 4.06. The number of rotatable bonds is 4. The van der Waals surface area contributed by atoms with Crippen molar-refractivity contribution in [2.75, 3.05) is 13.2 Å². The van der Waals surface area contributed by atoms with Gasteiger partial charge in [-0.15, -0.1) is 0 Å². The maximum Gasteiger partial charge on any atom is 0.407 e. The van der Waals surface area contributed by atoms with Gasteiger partial charge >= 0.3 is 6.09 Å². The maximum atomic E-state index is 11.8. The van der Waals surface area contributed by atoms with Crippen molar-refractivity contribution in [3.05, 3.63) is 48.0 Å². The van der Waals surface area contributed by atoms with Gasteiger partial charge in [-0.3, -0.25) is 0 Å². The molecule has 0 radical (unpaired) electrons. The van der Waals surface area contributed by atoms with E-state index < -0.39 is 11.7 Å². The first-order valence-corrected chi connectivity index (χ1v) is 8.63. The molecule has 1 N–H and O–H groups in total. The van der Waals surface area contributed by atoms with Crippen LogP contribution in [0.15, 0.2) is 36.8 Å². The summed E-state index contributed by atoms with van der Waals surface area (Å²) < 4.78 is 13.2. The van der Waals surface area contributed by atoms with E-state index in [1.807, 2.05) is 51.5 Å². The highest BCUT2D eigenvalue weighted by molar-refractivity contribution is 5.67. The van der Waals surface area contributed by atoms with E-state index in [0.717, 1.165) is 17.9 Å². The number of ether oxygens (including phenoxy) is 2. The normalized spacial score (nSPS) is 16.7. The number of fused-ring (bicyclic) bond motifs is 1. The van der Waals surface area contributed by atoms with Crippen molar-refractivity contribution in [3.8, 4) is 5.75 Å². The third kappa shape index (κ3) is 4.32. The molecule has 0 spiro atoms. The molecule has 2 aromatic rings. The van der Waals surface area contributed by atoms with E-state index in [9.17, 15) is 4.79 Å². The molecule has 1 aliphatic rings. The second-order valence-electron chi connectivity index (χ2n) is 7.16. The van der Waals surface area contributed by atoms with E-state index >= 15 is 0 Å². The molecule has 1 aromatic carbocycles. The van der Waals surface area contributed by atoms with Gasteiger partial charge in [-0.2, -0.15) is 0 Å². The monoisotopic (exact) mass is 343 g/mol. The zero-order valence-corrected chi connectivity index (χ0v) is 15.0. The topological polar surface area (TPSA) is 65.4 Å². The summed E-state index contributed by atoms with van der Waals surface area (Å²) in [6, 6.07) is 8.33. The van der Waals surface area contributed by atoms with E-state index in [0.29, 0.717) is 19.6 Å². The zero-order chi connectivity index (χ0) is 17.9. The molecule has 0 fully saturated rings. The Morgan fingerprint density at radius 1 is 1.40 bits per heavy atom. The maximum absolute atomic E-state index is 11.8. The van der Waals surface area contributed by atoms with Gasteiger partial charge < -0.3 is 19.4 Å². The van der Waals surface area contributed by atoms with Gasteiger partial charge in [-0.05, 0) is 26.8 Å². The highest BCUT2D eigenvalue weighted by atomic mass is 16.6. The summed E-state index contributed by atoms with van der Waals surface area (Å²) >= 11 is 0. The molecule has 1 unspecified atom stereocenters.